The minimum absolute atomic E-state index is 0.194. The van der Waals surface area contributed by atoms with Crippen LogP contribution in [0.25, 0.3) is 11.0 Å². The topological polar surface area (TPSA) is 108 Å². The smallest absolute Gasteiger partial charge is 0.274 e. The first kappa shape index (κ1) is 22.2. The van der Waals surface area contributed by atoms with Crippen molar-refractivity contribution in [3.8, 4) is 0 Å². The van der Waals surface area contributed by atoms with Gasteiger partial charge >= 0.3 is 0 Å². The van der Waals surface area contributed by atoms with E-state index in [2.05, 4.69) is 10.1 Å². The fourth-order valence-electron chi connectivity index (χ4n) is 4.56. The predicted octanol–water partition coefficient (Wildman–Crippen LogP) is 1.64. The van der Waals surface area contributed by atoms with E-state index in [0.717, 1.165) is 16.7 Å². The fraction of sp³-hybridized carbons (Fsp3) is 0.409. The van der Waals surface area contributed by atoms with E-state index < -0.39 is 10.0 Å². The number of aryl methyl sites for hydroxylation is 5. The molecule has 0 aliphatic carbocycles. The van der Waals surface area contributed by atoms with Gasteiger partial charge in [0.15, 0.2) is 5.65 Å². The van der Waals surface area contributed by atoms with Gasteiger partial charge in [-0.1, -0.05) is 17.7 Å². The number of H-pyrrole nitrogens is 1. The molecule has 4 rings (SSSR count). The molecule has 1 fully saturated rings. The standard InChI is InChI=1S/C22H27N5O4S/c1-13-10-14(2)19(15(3)11-13)32(30,31)27-8-6-26(7-9-27)22(29)17-12-16(4)23-20-18(17)21(28)24-25(20)5/h10-12H,6-9H2,1-5H3,(H,24,28). The highest BCUT2D eigenvalue weighted by Gasteiger charge is 2.33. The van der Waals surface area contributed by atoms with Gasteiger partial charge in [0, 0.05) is 38.9 Å². The summed E-state index contributed by atoms with van der Waals surface area (Å²) >= 11 is 0. The van der Waals surface area contributed by atoms with Crippen molar-refractivity contribution in [2.75, 3.05) is 26.2 Å². The number of aromatic nitrogens is 3. The lowest BCUT2D eigenvalue weighted by Gasteiger charge is -2.34. The third kappa shape index (κ3) is 3.63. The summed E-state index contributed by atoms with van der Waals surface area (Å²) in [6.07, 6.45) is 0. The van der Waals surface area contributed by atoms with Crippen LogP contribution in [0.2, 0.25) is 0 Å². The SMILES string of the molecule is Cc1cc(C)c(S(=O)(=O)N2CCN(C(=O)c3cc(C)nc4c3c(=O)[nH]n4C)CC2)c(C)c1. The number of nitrogens with one attached hydrogen (secondary N) is 1. The van der Waals surface area contributed by atoms with Gasteiger partial charge in [-0.3, -0.25) is 19.4 Å². The number of nitrogens with zero attached hydrogens (tertiary/aromatic N) is 4. The molecule has 0 unspecified atom stereocenters. The number of carbonyl (C=O) groups is 1. The number of fused-ring (bicyclic) bond motifs is 1. The van der Waals surface area contributed by atoms with Crippen LogP contribution in [-0.4, -0.2) is 64.5 Å². The Bertz CT molecular complexity index is 1370. The van der Waals surface area contributed by atoms with E-state index in [1.54, 1.807) is 38.8 Å². The Kier molecular flexibility index (Phi) is 5.46. The predicted molar refractivity (Wildman–Crippen MR) is 121 cm³/mol. The summed E-state index contributed by atoms with van der Waals surface area (Å²) in [7, 11) is -2.00. The maximum Gasteiger partial charge on any atom is 0.274 e. The second-order valence-electron chi connectivity index (χ2n) is 8.43. The molecule has 0 saturated carbocycles. The third-order valence-corrected chi connectivity index (χ3v) is 8.11. The Morgan fingerprint density at radius 2 is 1.59 bits per heavy atom. The average molecular weight is 458 g/mol. The number of pyridine rings is 1. The van der Waals surface area contributed by atoms with E-state index in [0.29, 0.717) is 16.2 Å². The number of rotatable bonds is 3. The Balaban J connectivity index is 1.59. The van der Waals surface area contributed by atoms with Gasteiger partial charge in [-0.25, -0.2) is 13.4 Å². The Hall–Kier alpha value is -2.98. The van der Waals surface area contributed by atoms with E-state index in [1.807, 2.05) is 19.1 Å². The van der Waals surface area contributed by atoms with E-state index in [4.69, 9.17) is 0 Å². The molecule has 0 spiro atoms. The molecule has 1 aromatic carbocycles. The average Bonchev–Trinajstić information content (AvgIpc) is 2.99. The molecule has 1 aliphatic heterocycles. The maximum absolute atomic E-state index is 13.3. The van der Waals surface area contributed by atoms with Crippen molar-refractivity contribution in [1.82, 2.24) is 24.0 Å². The minimum Gasteiger partial charge on any atom is -0.336 e. The van der Waals surface area contributed by atoms with Crippen LogP contribution in [-0.2, 0) is 17.1 Å². The summed E-state index contributed by atoms with van der Waals surface area (Å²) in [5, 5.41) is 2.89. The van der Waals surface area contributed by atoms with Gasteiger partial charge in [-0.05, 0) is 44.9 Å². The van der Waals surface area contributed by atoms with Gasteiger partial charge in [-0.15, -0.1) is 0 Å². The number of piperazine rings is 1. The molecule has 0 atom stereocenters. The zero-order valence-electron chi connectivity index (χ0n) is 18.9. The van der Waals surface area contributed by atoms with Crippen molar-refractivity contribution in [3.05, 3.63) is 56.5 Å². The highest BCUT2D eigenvalue weighted by atomic mass is 32.2. The lowest BCUT2D eigenvalue weighted by atomic mass is 10.1. The van der Waals surface area contributed by atoms with E-state index >= 15 is 0 Å². The number of carbonyl (C=O) groups excluding carboxylic acids is 1. The second-order valence-corrected chi connectivity index (χ2v) is 10.3. The van der Waals surface area contributed by atoms with Crippen LogP contribution >= 0.6 is 0 Å². The van der Waals surface area contributed by atoms with E-state index in [-0.39, 0.29) is 48.6 Å². The van der Waals surface area contributed by atoms with Gasteiger partial charge in [0.2, 0.25) is 10.0 Å². The van der Waals surface area contributed by atoms with Crippen molar-refractivity contribution in [2.45, 2.75) is 32.6 Å². The van der Waals surface area contributed by atoms with Crippen LogP contribution in [0.4, 0.5) is 0 Å². The molecule has 0 bridgehead atoms. The molecular weight excluding hydrogens is 430 g/mol. The number of sulfonamides is 1. The van der Waals surface area contributed by atoms with Gasteiger partial charge in [0.1, 0.15) is 0 Å². The van der Waals surface area contributed by atoms with Crippen molar-refractivity contribution in [2.24, 2.45) is 7.05 Å². The molecule has 0 radical (unpaired) electrons. The zero-order chi connectivity index (χ0) is 23.4. The molecular formula is C22H27N5O4S. The van der Waals surface area contributed by atoms with Crippen molar-refractivity contribution in [1.29, 1.82) is 0 Å². The highest BCUT2D eigenvalue weighted by Crippen LogP contribution is 2.26. The van der Waals surface area contributed by atoms with Gasteiger partial charge < -0.3 is 4.90 Å². The molecule has 1 aliphatic rings. The second kappa shape index (κ2) is 7.86. The monoisotopic (exact) mass is 457 g/mol. The minimum atomic E-state index is -3.67. The Morgan fingerprint density at radius 3 is 2.19 bits per heavy atom. The fourth-order valence-corrected chi connectivity index (χ4v) is 6.39. The summed E-state index contributed by atoms with van der Waals surface area (Å²) in [5.74, 6) is -0.294. The zero-order valence-corrected chi connectivity index (χ0v) is 19.7. The number of benzene rings is 1. The molecule has 10 heteroatoms. The first-order valence-corrected chi connectivity index (χ1v) is 11.9. The van der Waals surface area contributed by atoms with Crippen LogP contribution in [0.3, 0.4) is 0 Å². The Labute approximate surface area is 186 Å². The lowest BCUT2D eigenvalue weighted by Crippen LogP contribution is -2.50. The molecule has 3 aromatic rings. The number of aromatic amines is 1. The van der Waals surface area contributed by atoms with E-state index in [1.165, 1.54) is 8.99 Å². The van der Waals surface area contributed by atoms with Crippen LogP contribution in [0.15, 0.2) is 27.9 Å². The maximum atomic E-state index is 13.3. The number of hydrogen-bond acceptors (Lipinski definition) is 5. The summed E-state index contributed by atoms with van der Waals surface area (Å²) in [6.45, 7) is 8.20. The van der Waals surface area contributed by atoms with Crippen molar-refractivity contribution < 1.29 is 13.2 Å². The van der Waals surface area contributed by atoms with Crippen LogP contribution in [0.5, 0.6) is 0 Å². The Morgan fingerprint density at radius 1 is 1.00 bits per heavy atom. The van der Waals surface area contributed by atoms with Crippen molar-refractivity contribution in [3.63, 3.8) is 0 Å². The third-order valence-electron chi connectivity index (χ3n) is 5.90. The lowest BCUT2D eigenvalue weighted by molar-refractivity contribution is 0.0699. The van der Waals surface area contributed by atoms with Crippen LogP contribution in [0, 0.1) is 27.7 Å². The van der Waals surface area contributed by atoms with Crippen LogP contribution < -0.4 is 5.56 Å². The van der Waals surface area contributed by atoms with Crippen molar-refractivity contribution >= 4 is 27.0 Å². The number of amides is 1. The molecule has 1 amide bonds. The summed E-state index contributed by atoms with van der Waals surface area (Å²) in [4.78, 5) is 31.9. The molecule has 3 heterocycles. The molecule has 1 saturated heterocycles. The summed E-state index contributed by atoms with van der Waals surface area (Å²) in [6, 6.07) is 5.35. The molecule has 1 N–H and O–H groups in total. The van der Waals surface area contributed by atoms with Gasteiger partial charge in [-0.2, -0.15) is 4.31 Å². The quantitative estimate of drug-likeness (QED) is 0.643. The normalized spacial score (nSPS) is 15.5. The molecule has 170 valence electrons. The first-order valence-electron chi connectivity index (χ1n) is 10.4. The summed E-state index contributed by atoms with van der Waals surface area (Å²) in [5.41, 5.74) is 3.43. The molecule has 32 heavy (non-hydrogen) atoms. The van der Waals surface area contributed by atoms with Gasteiger partial charge in [0.25, 0.3) is 11.5 Å². The molecule has 9 nitrogen and oxygen atoms in total. The first-order chi connectivity index (χ1) is 15.0. The molecule has 2 aromatic heterocycles. The van der Waals surface area contributed by atoms with Crippen LogP contribution in [0.1, 0.15) is 32.7 Å². The summed E-state index contributed by atoms with van der Waals surface area (Å²) < 4.78 is 29.6. The number of hydrogen-bond donors (Lipinski definition) is 1. The van der Waals surface area contributed by atoms with E-state index in [9.17, 15) is 18.0 Å². The highest BCUT2D eigenvalue weighted by molar-refractivity contribution is 7.89. The largest absolute Gasteiger partial charge is 0.336 e. The van der Waals surface area contributed by atoms with Gasteiger partial charge in [0.05, 0.1) is 15.8 Å².